The van der Waals surface area contributed by atoms with Gasteiger partial charge in [-0.1, -0.05) is 11.8 Å². The van der Waals surface area contributed by atoms with E-state index in [1.165, 1.54) is 24.4 Å². The summed E-state index contributed by atoms with van der Waals surface area (Å²) in [7, 11) is 0. The zero-order valence-electron chi connectivity index (χ0n) is 10.6. The van der Waals surface area contributed by atoms with Crippen molar-refractivity contribution in [1.29, 1.82) is 0 Å². The summed E-state index contributed by atoms with van der Waals surface area (Å²) in [5.74, 6) is 0. The molecule has 0 bridgehead atoms. The minimum atomic E-state index is -0.452. The second-order valence-electron chi connectivity index (χ2n) is 3.84. The Hall–Kier alpha value is -2.35. The van der Waals surface area contributed by atoms with Crippen molar-refractivity contribution in [2.45, 2.75) is 17.0 Å². The maximum Gasteiger partial charge on any atom is 0.272 e. The molecule has 104 valence electrons. The van der Waals surface area contributed by atoms with E-state index < -0.39 is 4.92 Å². The average molecular weight is 292 g/mol. The monoisotopic (exact) mass is 292 g/mol. The van der Waals surface area contributed by atoms with Crippen molar-refractivity contribution >= 4 is 23.1 Å². The van der Waals surface area contributed by atoms with Crippen molar-refractivity contribution in [1.82, 2.24) is 9.97 Å². The number of nitro groups is 1. The number of non-ortho nitro benzene ring substituents is 1. The SMILES string of the molecule is CCNc1cc(Sc2nccc(=O)[nH]2)cc([N+](=O)[O-])c1. The van der Waals surface area contributed by atoms with Crippen LogP contribution in [0.25, 0.3) is 0 Å². The number of aromatic nitrogens is 2. The van der Waals surface area contributed by atoms with Gasteiger partial charge < -0.3 is 10.3 Å². The third kappa shape index (κ3) is 3.58. The molecular weight excluding hydrogens is 280 g/mol. The molecule has 0 unspecified atom stereocenters. The zero-order valence-corrected chi connectivity index (χ0v) is 11.4. The van der Waals surface area contributed by atoms with E-state index in [1.54, 1.807) is 6.07 Å². The van der Waals surface area contributed by atoms with Gasteiger partial charge in [-0.25, -0.2) is 4.98 Å². The van der Waals surface area contributed by atoms with Crippen LogP contribution in [0.3, 0.4) is 0 Å². The molecule has 0 aliphatic heterocycles. The van der Waals surface area contributed by atoms with Crippen molar-refractivity contribution < 1.29 is 4.92 Å². The van der Waals surface area contributed by atoms with E-state index in [2.05, 4.69) is 15.3 Å². The Balaban J connectivity index is 2.35. The third-order valence-corrected chi connectivity index (χ3v) is 3.22. The fourth-order valence-electron chi connectivity index (χ4n) is 1.57. The molecule has 0 saturated heterocycles. The molecule has 0 saturated carbocycles. The van der Waals surface area contributed by atoms with E-state index >= 15 is 0 Å². The van der Waals surface area contributed by atoms with Gasteiger partial charge in [-0.15, -0.1) is 0 Å². The molecule has 7 nitrogen and oxygen atoms in total. The molecule has 8 heteroatoms. The lowest BCUT2D eigenvalue weighted by atomic mass is 10.3. The van der Waals surface area contributed by atoms with E-state index in [0.717, 1.165) is 11.8 Å². The number of H-pyrrole nitrogens is 1. The molecular formula is C12H12N4O3S. The Morgan fingerprint density at radius 1 is 1.45 bits per heavy atom. The van der Waals surface area contributed by atoms with E-state index in [4.69, 9.17) is 0 Å². The standard InChI is InChI=1S/C12H12N4O3S/c1-2-13-8-5-9(16(18)19)7-10(6-8)20-12-14-4-3-11(17)15-12/h3-7,13H,2H2,1H3,(H,14,15,17). The molecule has 2 aromatic rings. The van der Waals surface area contributed by atoms with Crippen molar-refractivity contribution in [3.8, 4) is 0 Å². The number of nitrogens with one attached hydrogen (secondary N) is 2. The van der Waals surface area contributed by atoms with Crippen LogP contribution in [-0.4, -0.2) is 21.4 Å². The van der Waals surface area contributed by atoms with Gasteiger partial charge in [-0.05, 0) is 13.0 Å². The molecule has 1 aromatic heterocycles. The molecule has 0 fully saturated rings. The Morgan fingerprint density at radius 3 is 2.90 bits per heavy atom. The quantitative estimate of drug-likeness (QED) is 0.498. The highest BCUT2D eigenvalue weighted by Gasteiger charge is 2.11. The first kappa shape index (κ1) is 14.1. The largest absolute Gasteiger partial charge is 0.385 e. The molecule has 0 aliphatic carbocycles. The van der Waals surface area contributed by atoms with Crippen LogP contribution in [0.2, 0.25) is 0 Å². The first-order chi connectivity index (χ1) is 9.58. The average Bonchev–Trinajstić information content (AvgIpc) is 2.38. The van der Waals surface area contributed by atoms with Crippen LogP contribution in [0, 0.1) is 10.1 Å². The first-order valence-corrected chi connectivity index (χ1v) is 6.66. The summed E-state index contributed by atoms with van der Waals surface area (Å²) in [6.07, 6.45) is 1.39. The second kappa shape index (κ2) is 6.20. The first-order valence-electron chi connectivity index (χ1n) is 5.85. The van der Waals surface area contributed by atoms with E-state index in [9.17, 15) is 14.9 Å². The van der Waals surface area contributed by atoms with Crippen LogP contribution < -0.4 is 10.9 Å². The van der Waals surface area contributed by atoms with E-state index in [-0.39, 0.29) is 11.2 Å². The maximum absolute atomic E-state index is 11.2. The number of hydrogen-bond acceptors (Lipinski definition) is 6. The van der Waals surface area contributed by atoms with Crippen LogP contribution in [0.4, 0.5) is 11.4 Å². The minimum absolute atomic E-state index is 0.00997. The Kier molecular flexibility index (Phi) is 4.36. The minimum Gasteiger partial charge on any atom is -0.385 e. The van der Waals surface area contributed by atoms with Gasteiger partial charge in [0, 0.05) is 41.5 Å². The Morgan fingerprint density at radius 2 is 2.25 bits per heavy atom. The van der Waals surface area contributed by atoms with Crippen molar-refractivity contribution in [2.75, 3.05) is 11.9 Å². The Labute approximate surface area is 118 Å². The maximum atomic E-state index is 11.2. The van der Waals surface area contributed by atoms with Crippen LogP contribution in [0.1, 0.15) is 6.92 Å². The molecule has 0 radical (unpaired) electrons. The molecule has 1 aromatic carbocycles. The summed E-state index contributed by atoms with van der Waals surface area (Å²) in [5.41, 5.74) is 0.381. The molecule has 2 rings (SSSR count). The topological polar surface area (TPSA) is 101 Å². The van der Waals surface area contributed by atoms with E-state index in [1.807, 2.05) is 6.92 Å². The molecule has 0 amide bonds. The lowest BCUT2D eigenvalue weighted by Crippen LogP contribution is -2.05. The highest BCUT2D eigenvalue weighted by molar-refractivity contribution is 7.99. The second-order valence-corrected chi connectivity index (χ2v) is 4.91. The summed E-state index contributed by atoms with van der Waals surface area (Å²) in [5, 5.41) is 14.3. The number of rotatable bonds is 5. The van der Waals surface area contributed by atoms with Crippen LogP contribution in [0.15, 0.2) is 45.3 Å². The highest BCUT2D eigenvalue weighted by Crippen LogP contribution is 2.30. The van der Waals surface area contributed by atoms with Gasteiger partial charge in [0.2, 0.25) is 0 Å². The van der Waals surface area contributed by atoms with Gasteiger partial charge in [-0.3, -0.25) is 14.9 Å². The number of hydrogen-bond donors (Lipinski definition) is 2. The number of aromatic amines is 1. The molecule has 2 N–H and O–H groups in total. The normalized spacial score (nSPS) is 10.2. The van der Waals surface area contributed by atoms with Gasteiger partial charge in [0.05, 0.1) is 4.92 Å². The summed E-state index contributed by atoms with van der Waals surface area (Å²) in [6.45, 7) is 2.56. The van der Waals surface area contributed by atoms with Crippen molar-refractivity contribution in [3.05, 3.63) is 50.9 Å². The number of anilines is 1. The fraction of sp³-hybridized carbons (Fsp3) is 0.167. The molecule has 1 heterocycles. The number of nitrogens with zero attached hydrogens (tertiary/aromatic N) is 2. The summed E-state index contributed by atoms with van der Waals surface area (Å²) in [6, 6.07) is 5.99. The van der Waals surface area contributed by atoms with Crippen LogP contribution in [0.5, 0.6) is 0 Å². The third-order valence-electron chi connectivity index (χ3n) is 2.35. The molecule has 0 atom stereocenters. The van der Waals surface area contributed by atoms with Crippen LogP contribution in [-0.2, 0) is 0 Å². The zero-order chi connectivity index (χ0) is 14.5. The van der Waals surface area contributed by atoms with Gasteiger partial charge in [0.1, 0.15) is 0 Å². The molecule has 0 aliphatic rings. The summed E-state index contributed by atoms with van der Waals surface area (Å²) >= 11 is 1.16. The van der Waals surface area contributed by atoms with Gasteiger partial charge in [0.25, 0.3) is 11.2 Å². The number of nitro benzene ring substituents is 1. The van der Waals surface area contributed by atoms with Gasteiger partial charge >= 0.3 is 0 Å². The highest BCUT2D eigenvalue weighted by atomic mass is 32.2. The predicted octanol–water partition coefficient (Wildman–Crippen LogP) is 2.26. The molecule has 0 spiro atoms. The lowest BCUT2D eigenvalue weighted by molar-refractivity contribution is -0.385. The fourth-order valence-corrected chi connectivity index (χ4v) is 2.42. The van der Waals surface area contributed by atoms with Gasteiger partial charge in [0.15, 0.2) is 5.16 Å². The molecule has 20 heavy (non-hydrogen) atoms. The summed E-state index contributed by atoms with van der Waals surface area (Å²) < 4.78 is 0. The summed E-state index contributed by atoms with van der Waals surface area (Å²) in [4.78, 5) is 28.8. The van der Waals surface area contributed by atoms with Crippen molar-refractivity contribution in [2.24, 2.45) is 0 Å². The lowest BCUT2D eigenvalue weighted by Gasteiger charge is -2.06. The van der Waals surface area contributed by atoms with Crippen molar-refractivity contribution in [3.63, 3.8) is 0 Å². The van der Waals surface area contributed by atoms with Crippen LogP contribution >= 0.6 is 11.8 Å². The van der Waals surface area contributed by atoms with E-state index in [0.29, 0.717) is 22.3 Å². The smallest absolute Gasteiger partial charge is 0.272 e. The van der Waals surface area contributed by atoms with Gasteiger partial charge in [-0.2, -0.15) is 0 Å². The number of benzene rings is 1. The predicted molar refractivity (Wildman–Crippen MR) is 76.2 cm³/mol. The Bertz CT molecular complexity index is 686.